The Morgan fingerprint density at radius 2 is 1.21 bits per heavy atom. The molecule has 5 aromatic rings. The van der Waals surface area contributed by atoms with Crippen molar-refractivity contribution in [1.82, 2.24) is 15.2 Å². The second-order valence-electron chi connectivity index (χ2n) is 18.1. The van der Waals surface area contributed by atoms with Gasteiger partial charge in [-0.3, -0.25) is 19.7 Å². The third kappa shape index (κ3) is 12.0. The highest BCUT2D eigenvalue weighted by molar-refractivity contribution is 6.74. The molecule has 0 saturated heterocycles. The molecule has 0 radical (unpaired) electrons. The maximum Gasteiger partial charge on any atom is 0.412 e. The molecular formula is C50H62N4O6Si. The minimum Gasteiger partial charge on any atom is -0.444 e. The molecule has 0 unspecified atom stereocenters. The lowest BCUT2D eigenvalue weighted by molar-refractivity contribution is -0.126. The van der Waals surface area contributed by atoms with Crippen molar-refractivity contribution >= 4 is 31.9 Å². The first-order valence-corrected chi connectivity index (χ1v) is 23.9. The zero-order chi connectivity index (χ0) is 44.4. The van der Waals surface area contributed by atoms with Crippen molar-refractivity contribution in [2.24, 2.45) is 0 Å². The van der Waals surface area contributed by atoms with E-state index in [0.29, 0.717) is 5.56 Å². The van der Waals surface area contributed by atoms with Crippen LogP contribution in [0.1, 0.15) is 88.2 Å². The van der Waals surface area contributed by atoms with Crippen LogP contribution in [-0.2, 0) is 30.7 Å². The standard InChI is InChI=1S/C50H62N4O6Si/c1-36-32-33-54(46(57)44(36)52-47(58)60-48(2,3)4)42(34-37-22-14-10-15-23-37)45(56)51-41(35-59-61(8,9)49(5,6)7)30-31-43(55)53-50(38-24-16-11-17-25-38,39-26-18-12-19-27-39)40-28-20-13-21-29-40/h10-29,32-33,41-42H,30-31,34-35H2,1-9H3,(H,51,56)(H,52,58)(H,53,55)/t41-,42-/m0/s1. The lowest BCUT2D eigenvalue weighted by atomic mass is 9.77. The minimum atomic E-state index is -2.31. The van der Waals surface area contributed by atoms with E-state index in [-0.39, 0.29) is 42.5 Å². The van der Waals surface area contributed by atoms with Gasteiger partial charge in [0.1, 0.15) is 22.9 Å². The number of benzene rings is 4. The van der Waals surface area contributed by atoms with E-state index in [4.69, 9.17) is 9.16 Å². The zero-order valence-corrected chi connectivity index (χ0v) is 38.1. The number of anilines is 1. The Hall–Kier alpha value is -5.78. The fourth-order valence-corrected chi connectivity index (χ4v) is 8.03. The summed E-state index contributed by atoms with van der Waals surface area (Å²) in [6.07, 6.45) is 1.32. The van der Waals surface area contributed by atoms with Crippen LogP contribution in [0, 0.1) is 6.92 Å². The van der Waals surface area contributed by atoms with Crippen LogP contribution in [0.25, 0.3) is 0 Å². The molecule has 0 fully saturated rings. The average molecular weight is 843 g/mol. The SMILES string of the molecule is Cc1ccn([C@@H](Cc2ccccc2)C(=O)N[C@@H](CCC(=O)NC(c2ccccc2)(c2ccccc2)c2ccccc2)CO[Si](C)(C)C(C)(C)C)c(=O)c1NC(=O)OC(C)(C)C. The van der Waals surface area contributed by atoms with Crippen LogP contribution < -0.4 is 21.5 Å². The summed E-state index contributed by atoms with van der Waals surface area (Å²) in [4.78, 5) is 56.3. The van der Waals surface area contributed by atoms with Crippen LogP contribution in [-0.4, -0.2) is 49.0 Å². The second kappa shape index (κ2) is 19.7. The van der Waals surface area contributed by atoms with Gasteiger partial charge in [0.25, 0.3) is 5.56 Å². The first-order chi connectivity index (χ1) is 28.8. The van der Waals surface area contributed by atoms with Crippen molar-refractivity contribution in [1.29, 1.82) is 0 Å². The number of ether oxygens (including phenoxy) is 1. The third-order valence-corrected chi connectivity index (χ3v) is 15.8. The summed E-state index contributed by atoms with van der Waals surface area (Å²) in [6, 6.07) is 39.3. The lowest BCUT2D eigenvalue weighted by Gasteiger charge is -2.38. The molecule has 0 bridgehead atoms. The molecule has 1 aromatic heterocycles. The molecule has 3 N–H and O–H groups in total. The van der Waals surface area contributed by atoms with E-state index in [1.54, 1.807) is 40.0 Å². The fourth-order valence-electron chi connectivity index (χ4n) is 6.98. The van der Waals surface area contributed by atoms with Crippen molar-refractivity contribution in [2.45, 2.75) is 109 Å². The molecule has 0 aliphatic carbocycles. The van der Waals surface area contributed by atoms with Crippen LogP contribution in [0.2, 0.25) is 18.1 Å². The number of carbonyl (C=O) groups is 3. The topological polar surface area (TPSA) is 128 Å². The van der Waals surface area contributed by atoms with Gasteiger partial charge in [-0.25, -0.2) is 4.79 Å². The Kier molecular flexibility index (Phi) is 15.0. The van der Waals surface area contributed by atoms with Crippen LogP contribution in [0.5, 0.6) is 0 Å². The second-order valence-corrected chi connectivity index (χ2v) is 22.9. The van der Waals surface area contributed by atoms with Gasteiger partial charge in [0.15, 0.2) is 8.32 Å². The molecule has 0 saturated carbocycles. The highest BCUT2D eigenvalue weighted by atomic mass is 28.4. The molecular weight excluding hydrogens is 781 g/mol. The van der Waals surface area contributed by atoms with Gasteiger partial charge in [-0.2, -0.15) is 0 Å². The molecule has 3 amide bonds. The number of carbonyl (C=O) groups excluding carboxylic acids is 3. The Balaban J connectivity index is 1.49. The smallest absolute Gasteiger partial charge is 0.412 e. The Bertz CT molecular complexity index is 2190. The van der Waals surface area contributed by atoms with E-state index in [1.165, 1.54) is 4.57 Å². The van der Waals surface area contributed by atoms with E-state index in [1.807, 2.05) is 121 Å². The molecule has 2 atom stereocenters. The largest absolute Gasteiger partial charge is 0.444 e. The molecule has 4 aromatic carbocycles. The first-order valence-electron chi connectivity index (χ1n) is 21.0. The maximum atomic E-state index is 14.7. The van der Waals surface area contributed by atoms with E-state index in [0.717, 1.165) is 22.3 Å². The first kappa shape index (κ1) is 46.3. The van der Waals surface area contributed by atoms with Gasteiger partial charge < -0.3 is 24.4 Å². The minimum absolute atomic E-state index is 0.0239. The molecule has 0 aliphatic heterocycles. The van der Waals surface area contributed by atoms with Gasteiger partial charge in [0.2, 0.25) is 11.8 Å². The molecule has 61 heavy (non-hydrogen) atoms. The van der Waals surface area contributed by atoms with Crippen LogP contribution >= 0.6 is 0 Å². The summed E-state index contributed by atoms with van der Waals surface area (Å²) in [5.41, 5.74) is 1.76. The normalized spacial score (nSPS) is 13.1. The van der Waals surface area contributed by atoms with Crippen molar-refractivity contribution in [3.8, 4) is 0 Å². The van der Waals surface area contributed by atoms with Gasteiger partial charge in [-0.15, -0.1) is 0 Å². The van der Waals surface area contributed by atoms with Gasteiger partial charge in [-0.1, -0.05) is 142 Å². The number of amides is 3. The van der Waals surface area contributed by atoms with Gasteiger partial charge in [0.05, 0.1) is 12.6 Å². The van der Waals surface area contributed by atoms with Crippen LogP contribution in [0.15, 0.2) is 138 Å². The fraction of sp³-hybridized carbons (Fsp3) is 0.360. The monoisotopic (exact) mass is 842 g/mol. The molecule has 0 aliphatic rings. The molecule has 10 nitrogen and oxygen atoms in total. The van der Waals surface area contributed by atoms with Crippen molar-refractivity contribution in [3.63, 3.8) is 0 Å². The number of pyridine rings is 1. The summed E-state index contributed by atoms with van der Waals surface area (Å²) in [5.74, 6) is -0.633. The van der Waals surface area contributed by atoms with Crippen molar-refractivity contribution < 1.29 is 23.5 Å². The summed E-state index contributed by atoms with van der Waals surface area (Å²) in [6.45, 7) is 17.9. The summed E-state index contributed by atoms with van der Waals surface area (Å²) in [7, 11) is -2.31. The number of hydrogen-bond donors (Lipinski definition) is 3. The quantitative estimate of drug-likeness (QED) is 0.0671. The third-order valence-electron chi connectivity index (χ3n) is 11.3. The van der Waals surface area contributed by atoms with Gasteiger partial charge in [-0.05, 0) is 86.1 Å². The number of hydrogen-bond acceptors (Lipinski definition) is 6. The average Bonchev–Trinajstić information content (AvgIpc) is 3.22. The number of rotatable bonds is 16. The lowest BCUT2D eigenvalue weighted by Crippen LogP contribution is -2.50. The van der Waals surface area contributed by atoms with E-state index < -0.39 is 49.1 Å². The molecule has 11 heteroatoms. The van der Waals surface area contributed by atoms with Crippen LogP contribution in [0.4, 0.5) is 10.5 Å². The molecule has 322 valence electrons. The zero-order valence-electron chi connectivity index (χ0n) is 37.1. The molecule has 5 rings (SSSR count). The molecule has 1 heterocycles. The maximum absolute atomic E-state index is 14.7. The Labute approximate surface area is 362 Å². The van der Waals surface area contributed by atoms with Crippen molar-refractivity contribution in [2.75, 3.05) is 11.9 Å². The van der Waals surface area contributed by atoms with Crippen molar-refractivity contribution in [3.05, 3.63) is 172 Å². The number of nitrogens with one attached hydrogen (secondary N) is 3. The summed E-state index contributed by atoms with van der Waals surface area (Å²) >= 11 is 0. The summed E-state index contributed by atoms with van der Waals surface area (Å²) < 4.78 is 13.5. The van der Waals surface area contributed by atoms with E-state index in [2.05, 4.69) is 49.8 Å². The highest BCUT2D eigenvalue weighted by Crippen LogP contribution is 2.38. The van der Waals surface area contributed by atoms with Gasteiger partial charge >= 0.3 is 6.09 Å². The Morgan fingerprint density at radius 3 is 1.69 bits per heavy atom. The Morgan fingerprint density at radius 1 is 0.721 bits per heavy atom. The summed E-state index contributed by atoms with van der Waals surface area (Å²) in [5, 5.41) is 9.17. The predicted molar refractivity (Wildman–Crippen MR) is 246 cm³/mol. The van der Waals surface area contributed by atoms with Crippen LogP contribution in [0.3, 0.4) is 0 Å². The van der Waals surface area contributed by atoms with Gasteiger partial charge in [0, 0.05) is 19.0 Å². The highest BCUT2D eigenvalue weighted by Gasteiger charge is 2.40. The van der Waals surface area contributed by atoms with E-state index in [9.17, 15) is 19.2 Å². The number of aryl methyl sites for hydroxylation is 1. The number of aromatic nitrogens is 1. The number of nitrogens with zero attached hydrogens (tertiary/aromatic N) is 1. The molecule has 0 spiro atoms. The predicted octanol–water partition coefficient (Wildman–Crippen LogP) is 9.68. The van der Waals surface area contributed by atoms with E-state index >= 15 is 0 Å².